The number of aliphatic hydroxyl groups excluding tert-OH is 1. The van der Waals surface area contributed by atoms with Crippen LogP contribution in [0.1, 0.15) is 22.3 Å². The molecule has 1 N–H and O–H groups in total. The second kappa shape index (κ2) is 5.61. The minimum Gasteiger partial charge on any atom is -0.392 e. The van der Waals surface area contributed by atoms with Crippen LogP contribution < -0.4 is 0 Å². The Labute approximate surface area is 106 Å². The van der Waals surface area contributed by atoms with E-state index in [-0.39, 0.29) is 12.4 Å². The molecule has 0 bridgehead atoms. The molecule has 0 saturated carbocycles. The van der Waals surface area contributed by atoms with Crippen molar-refractivity contribution < 1.29 is 9.50 Å². The van der Waals surface area contributed by atoms with Crippen LogP contribution in [0.3, 0.4) is 0 Å². The number of hydrogen-bond donors (Lipinski definition) is 1. The lowest BCUT2D eigenvalue weighted by atomic mass is 10.0. The van der Waals surface area contributed by atoms with Crippen LogP contribution in [0.5, 0.6) is 0 Å². The number of aryl methyl sites for hydroxylation is 1. The zero-order chi connectivity index (χ0) is 13.0. The number of halogens is 1. The van der Waals surface area contributed by atoms with Gasteiger partial charge in [0.2, 0.25) is 0 Å². The molecule has 0 amide bonds. The van der Waals surface area contributed by atoms with Gasteiger partial charge in [0.25, 0.3) is 0 Å². The molecular formula is C16H15FO. The molecule has 0 spiro atoms. The van der Waals surface area contributed by atoms with Gasteiger partial charge in [-0.3, -0.25) is 0 Å². The van der Waals surface area contributed by atoms with E-state index in [2.05, 4.69) is 0 Å². The van der Waals surface area contributed by atoms with Gasteiger partial charge in [-0.05, 0) is 41.3 Å². The van der Waals surface area contributed by atoms with Crippen molar-refractivity contribution in [2.75, 3.05) is 0 Å². The van der Waals surface area contributed by atoms with Crippen molar-refractivity contribution in [2.24, 2.45) is 0 Å². The molecule has 0 aromatic heterocycles. The van der Waals surface area contributed by atoms with E-state index in [1.165, 1.54) is 12.1 Å². The van der Waals surface area contributed by atoms with Gasteiger partial charge in [-0.25, -0.2) is 4.39 Å². The van der Waals surface area contributed by atoms with Gasteiger partial charge in [-0.15, -0.1) is 0 Å². The first kappa shape index (κ1) is 12.5. The zero-order valence-corrected chi connectivity index (χ0v) is 10.2. The van der Waals surface area contributed by atoms with E-state index in [0.29, 0.717) is 0 Å². The summed E-state index contributed by atoms with van der Waals surface area (Å²) in [5.41, 5.74) is 3.92. The molecule has 2 heteroatoms. The van der Waals surface area contributed by atoms with E-state index >= 15 is 0 Å². The molecule has 2 aromatic rings. The minimum atomic E-state index is -0.237. The van der Waals surface area contributed by atoms with Gasteiger partial charge in [-0.1, -0.05) is 42.5 Å². The number of hydrogen-bond acceptors (Lipinski definition) is 1. The van der Waals surface area contributed by atoms with Gasteiger partial charge in [0, 0.05) is 0 Å². The molecule has 0 unspecified atom stereocenters. The summed E-state index contributed by atoms with van der Waals surface area (Å²) in [6, 6.07) is 12.2. The van der Waals surface area contributed by atoms with Gasteiger partial charge in [0.05, 0.1) is 6.61 Å². The Hall–Kier alpha value is -1.93. The number of aliphatic hydroxyl groups is 1. The second-order valence-electron chi connectivity index (χ2n) is 4.19. The van der Waals surface area contributed by atoms with E-state index in [1.807, 2.05) is 37.3 Å². The van der Waals surface area contributed by atoms with Crippen molar-refractivity contribution >= 4 is 12.2 Å². The van der Waals surface area contributed by atoms with Crippen LogP contribution >= 0.6 is 0 Å². The Balaban J connectivity index is 2.28. The maximum atomic E-state index is 12.8. The van der Waals surface area contributed by atoms with Gasteiger partial charge >= 0.3 is 0 Å². The summed E-state index contributed by atoms with van der Waals surface area (Å²) in [4.78, 5) is 0. The number of benzene rings is 2. The van der Waals surface area contributed by atoms with Crippen molar-refractivity contribution in [2.45, 2.75) is 13.5 Å². The molecule has 2 aromatic carbocycles. The Kier molecular flexibility index (Phi) is 3.90. The summed E-state index contributed by atoms with van der Waals surface area (Å²) in [6.45, 7) is 2.00. The third-order valence-corrected chi connectivity index (χ3v) is 2.93. The first-order chi connectivity index (χ1) is 8.70. The molecule has 92 valence electrons. The van der Waals surface area contributed by atoms with Crippen LogP contribution in [-0.4, -0.2) is 5.11 Å². The summed E-state index contributed by atoms with van der Waals surface area (Å²) in [5, 5.41) is 9.35. The molecule has 1 nitrogen and oxygen atoms in total. The molecule has 0 aliphatic carbocycles. The van der Waals surface area contributed by atoms with Crippen LogP contribution in [0.25, 0.3) is 12.2 Å². The average molecular weight is 242 g/mol. The van der Waals surface area contributed by atoms with Crippen LogP contribution in [0.15, 0.2) is 42.5 Å². The Morgan fingerprint density at radius 1 is 1.06 bits per heavy atom. The molecule has 2 rings (SSSR count). The Morgan fingerprint density at radius 3 is 2.44 bits per heavy atom. The maximum absolute atomic E-state index is 12.8. The quantitative estimate of drug-likeness (QED) is 0.812. The summed E-state index contributed by atoms with van der Waals surface area (Å²) < 4.78 is 12.8. The van der Waals surface area contributed by atoms with Crippen molar-refractivity contribution in [3.63, 3.8) is 0 Å². The Bertz CT molecular complexity index is 556. The lowest BCUT2D eigenvalue weighted by Gasteiger charge is -2.06. The van der Waals surface area contributed by atoms with Crippen LogP contribution in [-0.2, 0) is 6.61 Å². The third kappa shape index (κ3) is 2.84. The Morgan fingerprint density at radius 2 is 1.78 bits per heavy atom. The van der Waals surface area contributed by atoms with Crippen molar-refractivity contribution in [1.29, 1.82) is 0 Å². The highest BCUT2D eigenvalue weighted by molar-refractivity contribution is 5.71. The van der Waals surface area contributed by atoms with Crippen LogP contribution in [0.4, 0.5) is 4.39 Å². The largest absolute Gasteiger partial charge is 0.392 e. The van der Waals surface area contributed by atoms with E-state index in [9.17, 15) is 9.50 Å². The van der Waals surface area contributed by atoms with Gasteiger partial charge in [0.15, 0.2) is 0 Å². The zero-order valence-electron chi connectivity index (χ0n) is 10.2. The minimum absolute atomic E-state index is 0.0236. The van der Waals surface area contributed by atoms with E-state index < -0.39 is 0 Å². The molecule has 0 fully saturated rings. The fourth-order valence-electron chi connectivity index (χ4n) is 1.86. The highest BCUT2D eigenvalue weighted by Gasteiger charge is 2.01. The maximum Gasteiger partial charge on any atom is 0.123 e. The molecule has 18 heavy (non-hydrogen) atoms. The highest BCUT2D eigenvalue weighted by Crippen LogP contribution is 2.17. The lowest BCUT2D eigenvalue weighted by molar-refractivity contribution is 0.281. The first-order valence-electron chi connectivity index (χ1n) is 5.83. The smallest absolute Gasteiger partial charge is 0.123 e. The molecule has 0 atom stereocenters. The fourth-order valence-corrected chi connectivity index (χ4v) is 1.86. The van der Waals surface area contributed by atoms with Gasteiger partial charge in [-0.2, -0.15) is 0 Å². The van der Waals surface area contributed by atoms with Crippen molar-refractivity contribution in [3.8, 4) is 0 Å². The molecule has 0 heterocycles. The van der Waals surface area contributed by atoms with Gasteiger partial charge in [0.1, 0.15) is 5.82 Å². The van der Waals surface area contributed by atoms with E-state index in [1.54, 1.807) is 12.1 Å². The second-order valence-corrected chi connectivity index (χ2v) is 4.19. The molecule has 0 aliphatic heterocycles. The van der Waals surface area contributed by atoms with Gasteiger partial charge < -0.3 is 5.11 Å². The summed E-state index contributed by atoms with van der Waals surface area (Å²) in [6.07, 6.45) is 3.85. The summed E-state index contributed by atoms with van der Waals surface area (Å²) in [7, 11) is 0. The topological polar surface area (TPSA) is 20.2 Å². The van der Waals surface area contributed by atoms with Crippen molar-refractivity contribution in [1.82, 2.24) is 0 Å². The molecule has 0 aliphatic rings. The highest BCUT2D eigenvalue weighted by atomic mass is 19.1. The predicted octanol–water partition coefficient (Wildman–Crippen LogP) is 3.80. The summed E-state index contributed by atoms with van der Waals surface area (Å²) in [5.74, 6) is -0.237. The molecular weight excluding hydrogens is 227 g/mol. The van der Waals surface area contributed by atoms with Crippen LogP contribution in [0, 0.1) is 12.7 Å². The van der Waals surface area contributed by atoms with Crippen LogP contribution in [0.2, 0.25) is 0 Å². The SMILES string of the molecule is Cc1cccc(/C=C/c2ccc(F)cc2)c1CO. The lowest BCUT2D eigenvalue weighted by Crippen LogP contribution is -1.92. The third-order valence-electron chi connectivity index (χ3n) is 2.93. The van der Waals surface area contributed by atoms with E-state index in [0.717, 1.165) is 22.3 Å². The first-order valence-corrected chi connectivity index (χ1v) is 5.83. The predicted molar refractivity (Wildman–Crippen MR) is 72.4 cm³/mol. The van der Waals surface area contributed by atoms with E-state index in [4.69, 9.17) is 0 Å². The molecule has 0 saturated heterocycles. The monoisotopic (exact) mass is 242 g/mol. The van der Waals surface area contributed by atoms with Crippen molar-refractivity contribution in [3.05, 3.63) is 70.5 Å². The normalized spacial score (nSPS) is 11.1. The standard InChI is InChI=1S/C16H15FO/c1-12-3-2-4-14(16(12)11-18)8-5-13-6-9-15(17)10-7-13/h2-10,18H,11H2,1H3/b8-5+. The molecule has 0 radical (unpaired) electrons. The number of rotatable bonds is 3. The fraction of sp³-hybridized carbons (Fsp3) is 0.125. The average Bonchev–Trinajstić information content (AvgIpc) is 2.38. The summed E-state index contributed by atoms with van der Waals surface area (Å²) >= 11 is 0.